The zero-order chi connectivity index (χ0) is 19.8. The fraction of sp³-hybridized carbons (Fsp3) is 0.391. The molecule has 0 aliphatic heterocycles. The quantitative estimate of drug-likeness (QED) is 0.401. The molecule has 3 rings (SSSR count). The first-order valence-corrected chi connectivity index (χ1v) is 10.0. The van der Waals surface area contributed by atoms with Crippen molar-refractivity contribution in [3.05, 3.63) is 59.4 Å². The molecular formula is C23H29N3O2. The number of hydrogen-bond acceptors (Lipinski definition) is 3. The highest BCUT2D eigenvalue weighted by molar-refractivity contribution is 5.75. The Morgan fingerprint density at radius 3 is 2.79 bits per heavy atom. The summed E-state index contributed by atoms with van der Waals surface area (Å²) in [5.74, 6) is 2.06. The molecule has 5 nitrogen and oxygen atoms in total. The average Bonchev–Trinajstić information content (AvgIpc) is 3.04. The van der Waals surface area contributed by atoms with E-state index in [4.69, 9.17) is 9.72 Å². The van der Waals surface area contributed by atoms with Crippen molar-refractivity contribution in [2.24, 2.45) is 0 Å². The Balaban J connectivity index is 1.56. The summed E-state index contributed by atoms with van der Waals surface area (Å²) in [6.07, 6.45) is 4.52. The number of carbonyl (C=O) groups is 1. The van der Waals surface area contributed by atoms with Crippen molar-refractivity contribution in [3.63, 3.8) is 0 Å². The van der Waals surface area contributed by atoms with Crippen molar-refractivity contribution in [3.8, 4) is 5.75 Å². The van der Waals surface area contributed by atoms with E-state index in [2.05, 4.69) is 60.1 Å². The lowest BCUT2D eigenvalue weighted by Gasteiger charge is -2.11. The van der Waals surface area contributed by atoms with E-state index in [9.17, 15) is 4.79 Å². The maximum atomic E-state index is 10.4. The maximum absolute atomic E-state index is 10.4. The fourth-order valence-electron chi connectivity index (χ4n) is 3.49. The minimum atomic E-state index is 0.677. The van der Waals surface area contributed by atoms with E-state index in [1.165, 1.54) is 16.6 Å². The number of hydrogen-bond donors (Lipinski definition) is 1. The summed E-state index contributed by atoms with van der Waals surface area (Å²) in [4.78, 5) is 15.2. The molecule has 3 aromatic rings. The summed E-state index contributed by atoms with van der Waals surface area (Å²) in [5.41, 5.74) is 4.66. The molecular weight excluding hydrogens is 350 g/mol. The molecule has 28 heavy (non-hydrogen) atoms. The summed E-state index contributed by atoms with van der Waals surface area (Å²) in [6.45, 7) is 6.50. The van der Waals surface area contributed by atoms with Gasteiger partial charge in [0.05, 0.1) is 17.6 Å². The van der Waals surface area contributed by atoms with Crippen molar-refractivity contribution in [2.45, 2.75) is 46.1 Å². The van der Waals surface area contributed by atoms with Gasteiger partial charge in [0, 0.05) is 19.5 Å². The standard InChI is InChI=1S/C23H29N3O2/c1-18-11-12-22(19(2)16-18)28-15-6-5-14-26-21-9-4-3-8-20(21)25-23(26)10-7-13-24-17-27/h3-4,8-9,11-12,16-17H,5-7,10,13-15H2,1-2H3,(H,24,27). The minimum Gasteiger partial charge on any atom is -0.493 e. The number of carbonyl (C=O) groups excluding carboxylic acids is 1. The van der Waals surface area contributed by atoms with Crippen LogP contribution in [0.5, 0.6) is 5.75 Å². The maximum Gasteiger partial charge on any atom is 0.207 e. The van der Waals surface area contributed by atoms with Crippen LogP contribution in [0.2, 0.25) is 0 Å². The first-order valence-electron chi connectivity index (χ1n) is 10.0. The van der Waals surface area contributed by atoms with E-state index < -0.39 is 0 Å². The first kappa shape index (κ1) is 19.9. The van der Waals surface area contributed by atoms with Crippen LogP contribution in [0, 0.1) is 13.8 Å². The van der Waals surface area contributed by atoms with Gasteiger partial charge in [-0.25, -0.2) is 4.98 Å². The largest absolute Gasteiger partial charge is 0.493 e. The van der Waals surface area contributed by atoms with Crippen LogP contribution in [0.4, 0.5) is 0 Å². The Morgan fingerprint density at radius 2 is 1.96 bits per heavy atom. The van der Waals surface area contributed by atoms with Gasteiger partial charge in [-0.1, -0.05) is 29.8 Å². The van der Waals surface area contributed by atoms with Crippen molar-refractivity contribution in [1.29, 1.82) is 0 Å². The van der Waals surface area contributed by atoms with Crippen LogP contribution < -0.4 is 10.1 Å². The normalized spacial score (nSPS) is 10.9. The smallest absolute Gasteiger partial charge is 0.207 e. The molecule has 0 aliphatic rings. The number of aryl methyl sites for hydroxylation is 4. The van der Waals surface area contributed by atoms with Gasteiger partial charge in [-0.2, -0.15) is 0 Å². The van der Waals surface area contributed by atoms with E-state index in [-0.39, 0.29) is 0 Å². The number of amides is 1. The van der Waals surface area contributed by atoms with E-state index in [1.54, 1.807) is 0 Å². The molecule has 0 saturated heterocycles. The third-order valence-electron chi connectivity index (χ3n) is 4.90. The number of ether oxygens (including phenoxy) is 1. The number of fused-ring (bicyclic) bond motifs is 1. The highest BCUT2D eigenvalue weighted by Gasteiger charge is 2.10. The molecule has 0 spiro atoms. The Bertz CT molecular complexity index is 917. The monoisotopic (exact) mass is 379 g/mol. The number of aromatic nitrogens is 2. The predicted molar refractivity (Wildman–Crippen MR) is 113 cm³/mol. The van der Waals surface area contributed by atoms with Crippen LogP contribution in [0.3, 0.4) is 0 Å². The van der Waals surface area contributed by atoms with Gasteiger partial charge in [0.25, 0.3) is 0 Å². The summed E-state index contributed by atoms with van der Waals surface area (Å²) in [6, 6.07) is 14.6. The second kappa shape index (κ2) is 9.93. The highest BCUT2D eigenvalue weighted by Crippen LogP contribution is 2.20. The fourth-order valence-corrected chi connectivity index (χ4v) is 3.49. The molecule has 1 amide bonds. The molecule has 148 valence electrons. The van der Waals surface area contributed by atoms with E-state index in [0.717, 1.165) is 62.3 Å². The molecule has 0 aliphatic carbocycles. The zero-order valence-electron chi connectivity index (χ0n) is 16.8. The van der Waals surface area contributed by atoms with Crippen LogP contribution in [0.1, 0.15) is 36.2 Å². The van der Waals surface area contributed by atoms with Gasteiger partial charge < -0.3 is 14.6 Å². The lowest BCUT2D eigenvalue weighted by atomic mass is 10.1. The topological polar surface area (TPSA) is 56.1 Å². The van der Waals surface area contributed by atoms with Gasteiger partial charge in [-0.15, -0.1) is 0 Å². The second-order valence-corrected chi connectivity index (χ2v) is 7.17. The van der Waals surface area contributed by atoms with E-state index >= 15 is 0 Å². The highest BCUT2D eigenvalue weighted by atomic mass is 16.5. The van der Waals surface area contributed by atoms with Gasteiger partial charge >= 0.3 is 0 Å². The molecule has 5 heteroatoms. The van der Waals surface area contributed by atoms with Crippen molar-refractivity contribution < 1.29 is 9.53 Å². The molecule has 1 heterocycles. The molecule has 0 unspecified atom stereocenters. The van der Waals surface area contributed by atoms with Gasteiger partial charge in [-0.3, -0.25) is 4.79 Å². The van der Waals surface area contributed by atoms with E-state index in [1.807, 2.05) is 6.07 Å². The Hall–Kier alpha value is -2.82. The molecule has 0 radical (unpaired) electrons. The molecule has 0 atom stereocenters. The van der Waals surface area contributed by atoms with Gasteiger partial charge in [0.1, 0.15) is 11.6 Å². The molecule has 0 bridgehead atoms. The molecule has 0 fully saturated rings. The Kier molecular flexibility index (Phi) is 7.06. The SMILES string of the molecule is Cc1ccc(OCCCCn2c(CCCNC=O)nc3ccccc32)c(C)c1. The average molecular weight is 380 g/mol. The Morgan fingerprint density at radius 1 is 1.11 bits per heavy atom. The molecule has 2 aromatic carbocycles. The number of nitrogens with zero attached hydrogens (tertiary/aromatic N) is 2. The van der Waals surface area contributed by atoms with Gasteiger partial charge in [0.2, 0.25) is 6.41 Å². The number of imidazole rings is 1. The van der Waals surface area contributed by atoms with Crippen LogP contribution in [-0.2, 0) is 17.8 Å². The molecule has 1 aromatic heterocycles. The van der Waals surface area contributed by atoms with Crippen molar-refractivity contribution >= 4 is 17.4 Å². The summed E-state index contributed by atoms with van der Waals surface area (Å²) in [5, 5.41) is 2.72. The van der Waals surface area contributed by atoms with Crippen molar-refractivity contribution in [2.75, 3.05) is 13.2 Å². The number of nitrogens with one attached hydrogen (secondary N) is 1. The number of unbranched alkanes of at least 4 members (excludes halogenated alkanes) is 1. The summed E-state index contributed by atoms with van der Waals surface area (Å²) < 4.78 is 8.27. The third kappa shape index (κ3) is 5.12. The lowest BCUT2D eigenvalue weighted by Crippen LogP contribution is -2.14. The summed E-state index contributed by atoms with van der Waals surface area (Å²) in [7, 11) is 0. The van der Waals surface area contributed by atoms with Crippen LogP contribution in [0.25, 0.3) is 11.0 Å². The number of para-hydroxylation sites is 2. The molecule has 1 N–H and O–H groups in total. The lowest BCUT2D eigenvalue weighted by molar-refractivity contribution is -0.109. The molecule has 0 saturated carbocycles. The van der Waals surface area contributed by atoms with Gasteiger partial charge in [0.15, 0.2) is 0 Å². The van der Waals surface area contributed by atoms with Crippen LogP contribution in [0.15, 0.2) is 42.5 Å². The van der Waals surface area contributed by atoms with Gasteiger partial charge in [-0.05, 0) is 56.9 Å². The second-order valence-electron chi connectivity index (χ2n) is 7.17. The van der Waals surface area contributed by atoms with Crippen molar-refractivity contribution in [1.82, 2.24) is 14.9 Å². The number of rotatable bonds is 11. The van der Waals surface area contributed by atoms with Crippen LogP contribution >= 0.6 is 0 Å². The Labute approximate surface area is 166 Å². The zero-order valence-corrected chi connectivity index (χ0v) is 16.8. The first-order chi connectivity index (χ1) is 13.7. The van der Waals surface area contributed by atoms with E-state index in [0.29, 0.717) is 6.54 Å². The summed E-state index contributed by atoms with van der Waals surface area (Å²) >= 11 is 0. The number of benzene rings is 2. The predicted octanol–water partition coefficient (Wildman–Crippen LogP) is 4.19. The third-order valence-corrected chi connectivity index (χ3v) is 4.90. The van der Waals surface area contributed by atoms with Crippen LogP contribution in [-0.4, -0.2) is 29.1 Å². The minimum absolute atomic E-state index is 0.677.